The van der Waals surface area contributed by atoms with Gasteiger partial charge in [0.05, 0.1) is 0 Å². The van der Waals surface area contributed by atoms with Crippen molar-refractivity contribution in [1.29, 1.82) is 0 Å². The summed E-state index contributed by atoms with van der Waals surface area (Å²) in [6, 6.07) is 21.3. The van der Waals surface area contributed by atoms with Gasteiger partial charge in [-0.05, 0) is 37.6 Å². The van der Waals surface area contributed by atoms with Crippen molar-refractivity contribution in [2.45, 2.75) is 51.5 Å². The SMILES string of the molecule is CC.CC.CN1CCCC1C(Cl)(c1ccccc1)c1ccccc1. The minimum absolute atomic E-state index is 0.342. The van der Waals surface area contributed by atoms with Gasteiger partial charge < -0.3 is 4.90 Å². The van der Waals surface area contributed by atoms with Crippen molar-refractivity contribution in [3.8, 4) is 0 Å². The number of likely N-dealkylation sites (N-methyl/N-ethyl adjacent to an activating group) is 1. The second-order valence-electron chi connectivity index (χ2n) is 5.58. The van der Waals surface area contributed by atoms with E-state index in [0.29, 0.717) is 6.04 Å². The molecule has 1 aliphatic heterocycles. The summed E-state index contributed by atoms with van der Waals surface area (Å²) in [6.45, 7) is 9.12. The van der Waals surface area contributed by atoms with Gasteiger partial charge in [0.15, 0.2) is 0 Å². The van der Waals surface area contributed by atoms with Crippen molar-refractivity contribution >= 4 is 11.6 Å². The first-order valence-corrected chi connectivity index (χ1v) is 9.61. The molecule has 1 heterocycles. The largest absolute Gasteiger partial charge is 0.301 e. The van der Waals surface area contributed by atoms with Crippen molar-refractivity contribution in [1.82, 2.24) is 4.90 Å². The summed E-state index contributed by atoms with van der Waals surface area (Å²) in [5.74, 6) is 0. The minimum atomic E-state index is -0.465. The minimum Gasteiger partial charge on any atom is -0.301 e. The van der Waals surface area contributed by atoms with Crippen LogP contribution in [0.2, 0.25) is 0 Å². The van der Waals surface area contributed by atoms with Crippen LogP contribution in [-0.2, 0) is 4.87 Å². The number of benzene rings is 2. The van der Waals surface area contributed by atoms with E-state index < -0.39 is 4.87 Å². The lowest BCUT2D eigenvalue weighted by Gasteiger charge is -2.38. The van der Waals surface area contributed by atoms with Gasteiger partial charge in [0.1, 0.15) is 4.87 Å². The zero-order chi connectivity index (χ0) is 18.0. The number of likely N-dealkylation sites (tertiary alicyclic amines) is 1. The highest BCUT2D eigenvalue weighted by Gasteiger charge is 2.44. The van der Waals surface area contributed by atoms with Gasteiger partial charge in [-0.2, -0.15) is 0 Å². The average Bonchev–Trinajstić information content (AvgIpc) is 3.12. The van der Waals surface area contributed by atoms with Gasteiger partial charge in [-0.1, -0.05) is 88.4 Å². The zero-order valence-electron chi connectivity index (χ0n) is 15.8. The van der Waals surface area contributed by atoms with Crippen LogP contribution in [0.5, 0.6) is 0 Å². The molecule has 1 fully saturated rings. The molecule has 0 aromatic heterocycles. The van der Waals surface area contributed by atoms with E-state index in [1.165, 1.54) is 17.5 Å². The Hall–Kier alpha value is -1.31. The molecule has 1 unspecified atom stereocenters. The Morgan fingerprint density at radius 3 is 1.58 bits per heavy atom. The molecule has 1 atom stereocenters. The van der Waals surface area contributed by atoms with Crippen molar-refractivity contribution in [3.63, 3.8) is 0 Å². The second kappa shape index (κ2) is 10.5. The number of hydrogen-bond acceptors (Lipinski definition) is 1. The fourth-order valence-electron chi connectivity index (χ4n) is 3.33. The van der Waals surface area contributed by atoms with Crippen LogP contribution in [0.1, 0.15) is 51.7 Å². The molecule has 1 saturated heterocycles. The van der Waals surface area contributed by atoms with Gasteiger partial charge in [-0.25, -0.2) is 0 Å². The molecule has 1 nitrogen and oxygen atoms in total. The van der Waals surface area contributed by atoms with Crippen molar-refractivity contribution in [3.05, 3.63) is 71.8 Å². The van der Waals surface area contributed by atoms with E-state index >= 15 is 0 Å². The quantitative estimate of drug-likeness (QED) is 0.588. The molecule has 2 aromatic carbocycles. The van der Waals surface area contributed by atoms with Crippen LogP contribution in [-0.4, -0.2) is 24.5 Å². The third-order valence-corrected chi connectivity index (χ3v) is 5.06. The molecule has 3 rings (SSSR count). The third kappa shape index (κ3) is 4.40. The summed E-state index contributed by atoms with van der Waals surface area (Å²) < 4.78 is 0. The summed E-state index contributed by atoms with van der Waals surface area (Å²) >= 11 is 7.25. The molecule has 0 bridgehead atoms. The standard InChI is InChI=1S/C18H20ClN.2C2H6/c1-20-14-8-13-17(20)18(19,15-9-4-2-5-10-15)16-11-6-3-7-12-16;2*1-2/h2-7,9-12,17H,8,13-14H2,1H3;2*1-2H3. The van der Waals surface area contributed by atoms with E-state index in [9.17, 15) is 0 Å². The summed E-state index contributed by atoms with van der Waals surface area (Å²) in [6.07, 6.45) is 2.36. The molecule has 0 amide bonds. The van der Waals surface area contributed by atoms with Crippen LogP contribution in [0.3, 0.4) is 0 Å². The molecule has 24 heavy (non-hydrogen) atoms. The number of hydrogen-bond donors (Lipinski definition) is 0. The van der Waals surface area contributed by atoms with Crippen LogP contribution in [0.25, 0.3) is 0 Å². The van der Waals surface area contributed by atoms with Crippen LogP contribution in [0.4, 0.5) is 0 Å². The highest BCUT2D eigenvalue weighted by molar-refractivity contribution is 6.26. The predicted molar refractivity (Wildman–Crippen MR) is 108 cm³/mol. The van der Waals surface area contributed by atoms with Gasteiger partial charge in [-0.15, -0.1) is 11.6 Å². The van der Waals surface area contributed by atoms with E-state index in [2.05, 4.69) is 60.5 Å². The number of rotatable bonds is 3. The molecular formula is C22H32ClN. The van der Waals surface area contributed by atoms with E-state index in [-0.39, 0.29) is 0 Å². The molecule has 2 heteroatoms. The summed E-state index contributed by atoms with van der Waals surface area (Å²) in [4.78, 5) is 1.93. The van der Waals surface area contributed by atoms with Crippen LogP contribution in [0, 0.1) is 0 Å². The van der Waals surface area contributed by atoms with Gasteiger partial charge in [0.25, 0.3) is 0 Å². The van der Waals surface area contributed by atoms with Gasteiger partial charge in [0, 0.05) is 6.04 Å². The first-order valence-electron chi connectivity index (χ1n) is 9.23. The number of nitrogens with zero attached hydrogens (tertiary/aromatic N) is 1. The Labute approximate surface area is 153 Å². The van der Waals surface area contributed by atoms with Gasteiger partial charge in [-0.3, -0.25) is 0 Å². The maximum atomic E-state index is 7.25. The molecule has 0 saturated carbocycles. The normalized spacial score (nSPS) is 17.3. The number of halogens is 1. The lowest BCUT2D eigenvalue weighted by molar-refractivity contribution is 0.268. The van der Waals surface area contributed by atoms with E-state index in [1.54, 1.807) is 0 Å². The van der Waals surface area contributed by atoms with Crippen LogP contribution in [0.15, 0.2) is 60.7 Å². The Kier molecular flexibility index (Phi) is 9.10. The fraction of sp³-hybridized carbons (Fsp3) is 0.455. The topological polar surface area (TPSA) is 3.24 Å². The molecule has 0 aliphatic carbocycles. The fourth-order valence-corrected chi connectivity index (χ4v) is 3.85. The predicted octanol–water partition coefficient (Wildman–Crippen LogP) is 6.32. The highest BCUT2D eigenvalue weighted by Crippen LogP contribution is 2.45. The van der Waals surface area contributed by atoms with Crippen LogP contribution >= 0.6 is 11.6 Å². The average molecular weight is 346 g/mol. The Bertz CT molecular complexity index is 513. The number of alkyl halides is 1. The maximum Gasteiger partial charge on any atom is 0.110 e. The zero-order valence-corrected chi connectivity index (χ0v) is 16.6. The van der Waals surface area contributed by atoms with Crippen molar-refractivity contribution in [2.75, 3.05) is 13.6 Å². The first kappa shape index (κ1) is 20.7. The molecule has 2 aromatic rings. The van der Waals surface area contributed by atoms with E-state index in [0.717, 1.165) is 13.0 Å². The van der Waals surface area contributed by atoms with E-state index in [4.69, 9.17) is 11.6 Å². The third-order valence-electron chi connectivity index (χ3n) is 4.37. The summed E-state index contributed by atoms with van der Waals surface area (Å²) in [5, 5.41) is 0. The lowest BCUT2D eigenvalue weighted by Crippen LogP contribution is -2.43. The van der Waals surface area contributed by atoms with Crippen molar-refractivity contribution in [2.24, 2.45) is 0 Å². The Balaban J connectivity index is 0.000000671. The van der Waals surface area contributed by atoms with Gasteiger partial charge in [0.2, 0.25) is 0 Å². The molecule has 0 spiro atoms. The smallest absolute Gasteiger partial charge is 0.110 e. The maximum absolute atomic E-state index is 7.25. The van der Waals surface area contributed by atoms with Crippen molar-refractivity contribution < 1.29 is 0 Å². The Morgan fingerprint density at radius 1 is 0.833 bits per heavy atom. The molecular weight excluding hydrogens is 314 g/mol. The lowest BCUT2D eigenvalue weighted by atomic mass is 9.83. The van der Waals surface area contributed by atoms with Gasteiger partial charge >= 0.3 is 0 Å². The first-order chi connectivity index (χ1) is 11.7. The summed E-state index contributed by atoms with van der Waals surface area (Å²) in [7, 11) is 2.18. The highest BCUT2D eigenvalue weighted by atomic mass is 35.5. The molecule has 0 N–H and O–H groups in total. The summed E-state index contributed by atoms with van der Waals surface area (Å²) in [5.41, 5.74) is 2.37. The van der Waals surface area contributed by atoms with Crippen LogP contribution < -0.4 is 0 Å². The molecule has 0 radical (unpaired) electrons. The van der Waals surface area contributed by atoms with E-state index in [1.807, 2.05) is 39.8 Å². The second-order valence-corrected chi connectivity index (χ2v) is 6.18. The Morgan fingerprint density at radius 2 is 1.25 bits per heavy atom. The monoisotopic (exact) mass is 345 g/mol. The molecule has 1 aliphatic rings. The molecule has 132 valence electrons.